The predicted molar refractivity (Wildman–Crippen MR) is 158 cm³/mol. The van der Waals surface area contributed by atoms with Gasteiger partial charge < -0.3 is 10.2 Å². The lowest BCUT2D eigenvalue weighted by Crippen LogP contribution is -2.73. The van der Waals surface area contributed by atoms with E-state index in [2.05, 4.69) is 76.0 Å². The molecule has 4 rings (SSSR count). The second-order valence-corrected chi connectivity index (χ2v) is 11.2. The second kappa shape index (κ2) is 13.3. The first-order valence-electron chi connectivity index (χ1n) is 13.6. The van der Waals surface area contributed by atoms with E-state index in [0.717, 1.165) is 49.6 Å². The summed E-state index contributed by atoms with van der Waals surface area (Å²) in [6.07, 6.45) is 3.97. The van der Waals surface area contributed by atoms with Crippen LogP contribution >= 0.6 is 24.8 Å². The standard InChI is InChI=1S/C29H43N5O2.2ClH/c1-7-8-15-33-27(35)26(18-20(2)3)30-28(36)29(33)13-16-32(17-14-29)19-25-22(5)31-34(23(25)6)24-11-9-21(4)10-12-24;;/h9-12,20,26H,7-8,13-19H2,1-6H3,(H,30,36);2*1H. The van der Waals surface area contributed by atoms with Gasteiger partial charge in [-0.2, -0.15) is 5.10 Å². The Balaban J connectivity index is 0.00000253. The predicted octanol–water partition coefficient (Wildman–Crippen LogP) is 5.15. The highest BCUT2D eigenvalue weighted by Gasteiger charge is 2.53. The van der Waals surface area contributed by atoms with Gasteiger partial charge in [0.1, 0.15) is 11.6 Å². The van der Waals surface area contributed by atoms with Crippen molar-refractivity contribution in [3.63, 3.8) is 0 Å². The Kier molecular flexibility index (Phi) is 11.3. The summed E-state index contributed by atoms with van der Waals surface area (Å²) in [6.45, 7) is 15.7. The Bertz CT molecular complexity index is 1090. The molecule has 0 saturated carbocycles. The zero-order valence-electron chi connectivity index (χ0n) is 23.7. The summed E-state index contributed by atoms with van der Waals surface area (Å²) in [6, 6.07) is 8.05. The number of halogens is 2. The van der Waals surface area contributed by atoms with E-state index in [9.17, 15) is 9.59 Å². The molecule has 0 bridgehead atoms. The summed E-state index contributed by atoms with van der Waals surface area (Å²) in [5.74, 6) is 0.509. The number of hydrogen-bond donors (Lipinski definition) is 1. The van der Waals surface area contributed by atoms with Gasteiger partial charge in [-0.1, -0.05) is 44.9 Å². The highest BCUT2D eigenvalue weighted by molar-refractivity contribution is 6.00. The SMILES string of the molecule is CCCCN1C(=O)C(CC(C)C)NC(=O)C12CCN(Cc1c(C)nn(-c3ccc(C)cc3)c1C)CC2.Cl.Cl. The third-order valence-electron chi connectivity index (χ3n) is 8.04. The van der Waals surface area contributed by atoms with Crippen LogP contribution < -0.4 is 5.32 Å². The molecule has 0 radical (unpaired) electrons. The number of carbonyl (C=O) groups is 2. The number of nitrogens with zero attached hydrogens (tertiary/aromatic N) is 4. The van der Waals surface area contributed by atoms with Crippen molar-refractivity contribution in [2.45, 2.75) is 91.8 Å². The Labute approximate surface area is 240 Å². The lowest BCUT2D eigenvalue weighted by molar-refractivity contribution is -0.161. The normalized spacial score (nSPS) is 19.3. The minimum absolute atomic E-state index is 0. The van der Waals surface area contributed by atoms with Crippen LogP contribution in [0.25, 0.3) is 5.69 Å². The summed E-state index contributed by atoms with van der Waals surface area (Å²) in [5, 5.41) is 7.94. The zero-order valence-corrected chi connectivity index (χ0v) is 25.4. The number of benzene rings is 1. The maximum Gasteiger partial charge on any atom is 0.246 e. The molecule has 2 saturated heterocycles. The van der Waals surface area contributed by atoms with Crippen LogP contribution in [0.2, 0.25) is 0 Å². The minimum Gasteiger partial charge on any atom is -0.342 e. The second-order valence-electron chi connectivity index (χ2n) is 11.2. The van der Waals surface area contributed by atoms with Gasteiger partial charge in [-0.3, -0.25) is 14.5 Å². The number of aromatic nitrogens is 2. The van der Waals surface area contributed by atoms with Gasteiger partial charge in [0.15, 0.2) is 0 Å². The molecule has 38 heavy (non-hydrogen) atoms. The molecule has 2 aliphatic rings. The summed E-state index contributed by atoms with van der Waals surface area (Å²) >= 11 is 0. The van der Waals surface area contributed by atoms with Crippen molar-refractivity contribution in [2.75, 3.05) is 19.6 Å². The van der Waals surface area contributed by atoms with E-state index in [4.69, 9.17) is 5.10 Å². The third-order valence-corrected chi connectivity index (χ3v) is 8.04. The fourth-order valence-corrected chi connectivity index (χ4v) is 5.79. The topological polar surface area (TPSA) is 70.5 Å². The van der Waals surface area contributed by atoms with E-state index in [-0.39, 0.29) is 36.6 Å². The van der Waals surface area contributed by atoms with Crippen molar-refractivity contribution < 1.29 is 9.59 Å². The van der Waals surface area contributed by atoms with E-state index in [1.54, 1.807) is 0 Å². The molecule has 2 fully saturated rings. The molecule has 7 nitrogen and oxygen atoms in total. The quantitative estimate of drug-likeness (QED) is 0.480. The number of piperazine rings is 1. The van der Waals surface area contributed by atoms with Gasteiger partial charge in [0.25, 0.3) is 0 Å². The Morgan fingerprint density at radius 1 is 1.05 bits per heavy atom. The summed E-state index contributed by atoms with van der Waals surface area (Å²) in [7, 11) is 0. The molecule has 1 N–H and O–H groups in total. The first-order valence-corrected chi connectivity index (χ1v) is 13.6. The lowest BCUT2D eigenvalue weighted by atomic mass is 9.80. The van der Waals surface area contributed by atoms with Gasteiger partial charge in [-0.25, -0.2) is 4.68 Å². The van der Waals surface area contributed by atoms with Gasteiger partial charge in [0.05, 0.1) is 11.4 Å². The highest BCUT2D eigenvalue weighted by atomic mass is 35.5. The molecule has 1 atom stereocenters. The Morgan fingerprint density at radius 2 is 1.68 bits per heavy atom. The van der Waals surface area contributed by atoms with E-state index < -0.39 is 11.6 Å². The number of piperidine rings is 1. The molecular formula is C29H45Cl2N5O2. The molecule has 2 aromatic rings. The van der Waals surface area contributed by atoms with Gasteiger partial charge in [0, 0.05) is 37.4 Å². The number of nitrogens with one attached hydrogen (secondary N) is 1. The van der Waals surface area contributed by atoms with Crippen LogP contribution in [0.15, 0.2) is 24.3 Å². The molecule has 1 unspecified atom stereocenters. The Hall–Kier alpha value is -2.09. The smallest absolute Gasteiger partial charge is 0.246 e. The van der Waals surface area contributed by atoms with Gasteiger partial charge in [-0.05, 0) is 64.5 Å². The number of likely N-dealkylation sites (tertiary alicyclic amines) is 1. The van der Waals surface area contributed by atoms with E-state index in [1.807, 2.05) is 9.58 Å². The molecule has 2 amide bonds. The minimum atomic E-state index is -0.716. The van der Waals surface area contributed by atoms with Crippen molar-refractivity contribution in [3.05, 3.63) is 46.8 Å². The maximum atomic E-state index is 13.5. The van der Waals surface area contributed by atoms with Crippen LogP contribution in [0, 0.1) is 26.7 Å². The van der Waals surface area contributed by atoms with Crippen molar-refractivity contribution in [2.24, 2.45) is 5.92 Å². The average Bonchev–Trinajstić information content (AvgIpc) is 3.12. The van der Waals surface area contributed by atoms with Gasteiger partial charge in [-0.15, -0.1) is 24.8 Å². The van der Waals surface area contributed by atoms with Crippen LogP contribution in [-0.4, -0.2) is 62.6 Å². The van der Waals surface area contributed by atoms with Crippen molar-refractivity contribution in [1.82, 2.24) is 24.9 Å². The number of amides is 2. The van der Waals surface area contributed by atoms with Crippen LogP contribution in [0.1, 0.15) is 75.4 Å². The van der Waals surface area contributed by atoms with Crippen LogP contribution in [0.4, 0.5) is 0 Å². The summed E-state index contributed by atoms with van der Waals surface area (Å²) < 4.78 is 2.03. The van der Waals surface area contributed by atoms with E-state index >= 15 is 0 Å². The number of carbonyl (C=O) groups excluding carboxylic acids is 2. The Morgan fingerprint density at radius 3 is 2.26 bits per heavy atom. The molecule has 2 aliphatic heterocycles. The highest BCUT2D eigenvalue weighted by Crippen LogP contribution is 2.35. The van der Waals surface area contributed by atoms with Gasteiger partial charge >= 0.3 is 0 Å². The number of hydrogen-bond acceptors (Lipinski definition) is 4. The molecule has 1 aromatic carbocycles. The maximum absolute atomic E-state index is 13.5. The molecular weight excluding hydrogens is 521 g/mol. The first-order chi connectivity index (χ1) is 17.2. The van der Waals surface area contributed by atoms with Crippen molar-refractivity contribution >= 4 is 36.6 Å². The van der Waals surface area contributed by atoms with Crippen molar-refractivity contribution in [1.29, 1.82) is 0 Å². The monoisotopic (exact) mass is 565 g/mol. The van der Waals surface area contributed by atoms with E-state index in [1.165, 1.54) is 11.1 Å². The fraction of sp³-hybridized carbons (Fsp3) is 0.621. The molecule has 212 valence electrons. The fourth-order valence-electron chi connectivity index (χ4n) is 5.79. The van der Waals surface area contributed by atoms with E-state index in [0.29, 0.717) is 31.7 Å². The zero-order chi connectivity index (χ0) is 26.0. The van der Waals surface area contributed by atoms with Crippen molar-refractivity contribution in [3.8, 4) is 5.69 Å². The number of aryl methyl sites for hydroxylation is 2. The summed E-state index contributed by atoms with van der Waals surface area (Å²) in [5.41, 5.74) is 5.03. The number of rotatable bonds is 8. The molecule has 0 aliphatic carbocycles. The molecule has 9 heteroatoms. The van der Waals surface area contributed by atoms with Crippen LogP contribution in [0.5, 0.6) is 0 Å². The van der Waals surface area contributed by atoms with Crippen LogP contribution in [0.3, 0.4) is 0 Å². The average molecular weight is 567 g/mol. The largest absolute Gasteiger partial charge is 0.342 e. The lowest BCUT2D eigenvalue weighted by Gasteiger charge is -2.52. The van der Waals surface area contributed by atoms with Gasteiger partial charge in [0.2, 0.25) is 11.8 Å². The molecule has 3 heterocycles. The number of unbranched alkanes of at least 4 members (excludes halogenated alkanes) is 1. The third kappa shape index (κ3) is 6.37. The molecule has 1 spiro atoms. The first kappa shape index (κ1) is 32.1. The summed E-state index contributed by atoms with van der Waals surface area (Å²) in [4.78, 5) is 31.4. The van der Waals surface area contributed by atoms with Crippen LogP contribution in [-0.2, 0) is 16.1 Å². The molecule has 1 aromatic heterocycles.